The van der Waals surface area contributed by atoms with Crippen LogP contribution >= 0.6 is 0 Å². The number of anilines is 1. The molecule has 0 bridgehead atoms. The van der Waals surface area contributed by atoms with E-state index >= 15 is 0 Å². The minimum atomic E-state index is 0.0167. The molecule has 5 rings (SSSR count). The number of benzene rings is 3. The Morgan fingerprint density at radius 3 is 2.13 bits per heavy atom. The summed E-state index contributed by atoms with van der Waals surface area (Å²) in [5, 5.41) is 10.6. The maximum absolute atomic E-state index is 10.6. The predicted octanol–water partition coefficient (Wildman–Crippen LogP) is 5.54. The fraction of sp³-hybridized carbons (Fsp3) is 0.148. The van der Waals surface area contributed by atoms with Crippen molar-refractivity contribution < 1.29 is 9.84 Å². The molecule has 4 nitrogen and oxygen atoms in total. The summed E-state index contributed by atoms with van der Waals surface area (Å²) in [5.41, 5.74) is 5.69. The first-order valence-corrected chi connectivity index (χ1v) is 10.4. The van der Waals surface area contributed by atoms with Crippen LogP contribution in [0.2, 0.25) is 0 Å². The molecule has 3 aromatic carbocycles. The van der Waals surface area contributed by atoms with Gasteiger partial charge in [0, 0.05) is 29.8 Å². The van der Waals surface area contributed by atoms with Crippen LogP contribution in [-0.2, 0) is 0 Å². The van der Waals surface area contributed by atoms with E-state index in [0.717, 1.165) is 12.1 Å². The Balaban J connectivity index is 1.64. The number of aromatic hydroxyl groups is 1. The van der Waals surface area contributed by atoms with Crippen LogP contribution in [0.1, 0.15) is 34.2 Å². The Hall–Kier alpha value is -3.79. The van der Waals surface area contributed by atoms with Crippen molar-refractivity contribution >= 4 is 5.69 Å². The number of pyridine rings is 1. The van der Waals surface area contributed by atoms with Gasteiger partial charge in [0.05, 0.1) is 19.3 Å². The molecular weight excluding hydrogens is 384 g/mol. The summed E-state index contributed by atoms with van der Waals surface area (Å²) in [6.45, 7) is 0.745. The zero-order valence-electron chi connectivity index (χ0n) is 17.3. The van der Waals surface area contributed by atoms with Crippen molar-refractivity contribution in [3.05, 3.63) is 119 Å². The van der Waals surface area contributed by atoms with Gasteiger partial charge in [0.2, 0.25) is 5.88 Å². The molecule has 0 saturated carbocycles. The number of ether oxygens (including phenoxy) is 1. The second-order valence-corrected chi connectivity index (χ2v) is 7.77. The molecule has 154 valence electrons. The highest BCUT2D eigenvalue weighted by Gasteiger charge is 2.36. The Bertz CT molecular complexity index is 1140. The zero-order valence-corrected chi connectivity index (χ0v) is 17.3. The molecule has 0 aliphatic carbocycles. The first kappa shape index (κ1) is 19.2. The van der Waals surface area contributed by atoms with Gasteiger partial charge in [-0.15, -0.1) is 0 Å². The van der Waals surface area contributed by atoms with Crippen molar-refractivity contribution in [1.29, 1.82) is 0 Å². The van der Waals surface area contributed by atoms with Crippen molar-refractivity contribution in [2.24, 2.45) is 0 Å². The average Bonchev–Trinajstić information content (AvgIpc) is 3.20. The van der Waals surface area contributed by atoms with Crippen LogP contribution in [0.5, 0.6) is 11.6 Å². The van der Waals surface area contributed by atoms with E-state index in [-0.39, 0.29) is 17.7 Å². The summed E-state index contributed by atoms with van der Waals surface area (Å²) in [7, 11) is 1.60. The number of methoxy groups -OCH3 is 1. The number of aromatic nitrogens is 1. The van der Waals surface area contributed by atoms with E-state index in [1.54, 1.807) is 7.11 Å². The Kier molecular flexibility index (Phi) is 5.04. The van der Waals surface area contributed by atoms with E-state index in [4.69, 9.17) is 4.74 Å². The van der Waals surface area contributed by atoms with Crippen LogP contribution in [-0.4, -0.2) is 23.7 Å². The van der Waals surface area contributed by atoms with Gasteiger partial charge in [-0.2, -0.15) is 0 Å². The third-order valence-corrected chi connectivity index (χ3v) is 6.02. The second-order valence-electron chi connectivity index (χ2n) is 7.77. The lowest BCUT2D eigenvalue weighted by Crippen LogP contribution is -2.28. The van der Waals surface area contributed by atoms with E-state index < -0.39 is 0 Å². The molecule has 0 saturated heterocycles. The molecule has 4 aromatic rings. The van der Waals surface area contributed by atoms with Gasteiger partial charge in [0.25, 0.3) is 0 Å². The van der Waals surface area contributed by atoms with Crippen LogP contribution < -0.4 is 9.64 Å². The quantitative estimate of drug-likeness (QED) is 0.471. The van der Waals surface area contributed by atoms with Gasteiger partial charge in [-0.3, -0.25) is 0 Å². The van der Waals surface area contributed by atoms with E-state index in [0.29, 0.717) is 5.88 Å². The molecule has 2 heterocycles. The molecule has 1 aliphatic rings. The molecule has 1 aromatic heterocycles. The monoisotopic (exact) mass is 408 g/mol. The van der Waals surface area contributed by atoms with Crippen molar-refractivity contribution in [3.63, 3.8) is 0 Å². The zero-order chi connectivity index (χ0) is 21.2. The molecule has 0 fully saturated rings. The summed E-state index contributed by atoms with van der Waals surface area (Å²) in [4.78, 5) is 6.59. The fourth-order valence-corrected chi connectivity index (χ4v) is 4.60. The third kappa shape index (κ3) is 3.50. The van der Waals surface area contributed by atoms with Crippen molar-refractivity contribution in [3.8, 4) is 11.6 Å². The Morgan fingerprint density at radius 2 is 1.48 bits per heavy atom. The molecule has 1 N–H and O–H groups in total. The predicted molar refractivity (Wildman–Crippen MR) is 123 cm³/mol. The summed E-state index contributed by atoms with van der Waals surface area (Å²) < 4.78 is 5.33. The van der Waals surface area contributed by atoms with E-state index in [1.807, 2.05) is 18.2 Å². The van der Waals surface area contributed by atoms with E-state index in [2.05, 4.69) is 82.7 Å². The number of nitrogens with zero attached hydrogens (tertiary/aromatic N) is 2. The van der Waals surface area contributed by atoms with Gasteiger partial charge in [0.1, 0.15) is 5.75 Å². The minimum absolute atomic E-state index is 0.0167. The molecule has 4 heteroatoms. The summed E-state index contributed by atoms with van der Waals surface area (Å²) >= 11 is 0. The highest BCUT2D eigenvalue weighted by molar-refractivity contribution is 5.66. The SMILES string of the molecule is COc1cc(C2CN(C(c3ccccc3)c3ccccc3)c3ccccc32)c(O)cn1. The van der Waals surface area contributed by atoms with Crippen molar-refractivity contribution in [2.45, 2.75) is 12.0 Å². The second kappa shape index (κ2) is 8.15. The average molecular weight is 409 g/mol. The largest absolute Gasteiger partial charge is 0.506 e. The first-order chi connectivity index (χ1) is 15.3. The van der Waals surface area contributed by atoms with Gasteiger partial charge in [-0.05, 0) is 22.8 Å². The van der Waals surface area contributed by atoms with Crippen LogP contribution in [0.15, 0.2) is 97.2 Å². The number of para-hydroxylation sites is 1. The molecular formula is C27H24N2O2. The first-order valence-electron chi connectivity index (χ1n) is 10.4. The van der Waals surface area contributed by atoms with Crippen molar-refractivity contribution in [2.75, 3.05) is 18.6 Å². The highest BCUT2D eigenvalue weighted by atomic mass is 16.5. The maximum atomic E-state index is 10.6. The lowest BCUT2D eigenvalue weighted by molar-refractivity contribution is 0.391. The van der Waals surface area contributed by atoms with Gasteiger partial charge in [-0.25, -0.2) is 4.98 Å². The molecule has 0 spiro atoms. The Morgan fingerprint density at radius 1 is 0.871 bits per heavy atom. The standard InChI is InChI=1S/C27H24N2O2/c1-31-26-16-22(25(30)17-28-26)23-18-29(24-15-9-8-14-21(23)24)27(19-10-4-2-5-11-19)20-12-6-3-7-13-20/h2-17,23,27,30H,18H2,1H3. The molecule has 1 atom stereocenters. The molecule has 0 radical (unpaired) electrons. The number of hydrogen-bond donors (Lipinski definition) is 1. The lowest BCUT2D eigenvalue weighted by atomic mass is 9.93. The van der Waals surface area contributed by atoms with Crippen LogP contribution in [0, 0.1) is 0 Å². The third-order valence-electron chi connectivity index (χ3n) is 6.02. The van der Waals surface area contributed by atoms with Crippen molar-refractivity contribution in [1.82, 2.24) is 4.98 Å². The topological polar surface area (TPSA) is 45.6 Å². The summed E-state index contributed by atoms with van der Waals surface area (Å²) in [6.07, 6.45) is 1.48. The summed E-state index contributed by atoms with van der Waals surface area (Å²) in [6, 6.07) is 31.6. The molecule has 1 unspecified atom stereocenters. The van der Waals surface area contributed by atoms with Crippen LogP contribution in [0.25, 0.3) is 0 Å². The fourth-order valence-electron chi connectivity index (χ4n) is 4.60. The van der Waals surface area contributed by atoms with Gasteiger partial charge in [-0.1, -0.05) is 78.9 Å². The van der Waals surface area contributed by atoms with E-state index in [9.17, 15) is 5.11 Å². The van der Waals surface area contributed by atoms with Crippen LogP contribution in [0.4, 0.5) is 5.69 Å². The summed E-state index contributed by atoms with van der Waals surface area (Å²) in [5.74, 6) is 0.716. The molecule has 31 heavy (non-hydrogen) atoms. The number of fused-ring (bicyclic) bond motifs is 1. The minimum Gasteiger partial charge on any atom is -0.506 e. The van der Waals surface area contributed by atoms with Gasteiger partial charge in [0.15, 0.2) is 0 Å². The van der Waals surface area contributed by atoms with Crippen LogP contribution in [0.3, 0.4) is 0 Å². The van der Waals surface area contributed by atoms with Gasteiger partial charge < -0.3 is 14.7 Å². The maximum Gasteiger partial charge on any atom is 0.213 e. The lowest BCUT2D eigenvalue weighted by Gasteiger charge is -2.32. The smallest absolute Gasteiger partial charge is 0.213 e. The molecule has 0 amide bonds. The number of hydrogen-bond acceptors (Lipinski definition) is 4. The van der Waals surface area contributed by atoms with E-state index in [1.165, 1.54) is 28.6 Å². The Labute approximate surface area is 182 Å². The number of rotatable bonds is 5. The van der Waals surface area contributed by atoms with Gasteiger partial charge >= 0.3 is 0 Å². The highest BCUT2D eigenvalue weighted by Crippen LogP contribution is 2.47. The molecule has 1 aliphatic heterocycles. The normalized spacial score (nSPS) is 15.2.